The first-order valence-electron chi connectivity index (χ1n) is 4.04. The molecule has 3 heteroatoms. The van der Waals surface area contributed by atoms with E-state index in [1.807, 2.05) is 0 Å². The Morgan fingerprint density at radius 3 is 2.42 bits per heavy atom. The second kappa shape index (κ2) is 2.37. The van der Waals surface area contributed by atoms with Gasteiger partial charge in [-0.25, -0.2) is 9.97 Å². The summed E-state index contributed by atoms with van der Waals surface area (Å²) in [7, 11) is 0. The van der Waals surface area contributed by atoms with Crippen LogP contribution in [0.5, 0.6) is 0 Å². The van der Waals surface area contributed by atoms with Crippen LogP contribution in [0.25, 0.3) is 0 Å². The van der Waals surface area contributed by atoms with Crippen LogP contribution in [0, 0.1) is 0 Å². The second-order valence-corrected chi connectivity index (χ2v) is 3.21. The molecule has 0 aliphatic heterocycles. The average Bonchev–Trinajstić information content (AvgIpc) is 2.86. The Bertz CT molecular complexity index is 304. The zero-order valence-electron chi connectivity index (χ0n) is 6.95. The Labute approximate surface area is 70.9 Å². The molecule has 0 atom stereocenters. The molecule has 1 aromatic heterocycles. The van der Waals surface area contributed by atoms with E-state index in [0.29, 0.717) is 5.82 Å². The van der Waals surface area contributed by atoms with Gasteiger partial charge in [0.25, 0.3) is 0 Å². The van der Waals surface area contributed by atoms with Crippen LogP contribution in [0.1, 0.15) is 25.6 Å². The minimum absolute atomic E-state index is 0.189. The average molecular weight is 162 g/mol. The van der Waals surface area contributed by atoms with Gasteiger partial charge in [0.2, 0.25) is 0 Å². The zero-order valence-corrected chi connectivity index (χ0v) is 6.95. The molecule has 62 valence electrons. The largest absolute Gasteiger partial charge is 0.299 e. The lowest BCUT2D eigenvalue weighted by Gasteiger charge is -2.07. The summed E-state index contributed by atoms with van der Waals surface area (Å²) in [5, 5.41) is 0. The van der Waals surface area contributed by atoms with Crippen molar-refractivity contribution in [2.45, 2.75) is 25.2 Å². The van der Waals surface area contributed by atoms with Crippen molar-refractivity contribution < 1.29 is 4.79 Å². The standard InChI is InChI=1S/C9H10N2O/c1-7(12)9(3-4-9)8-10-5-2-6-11-8/h2,5-6H,3-4H2,1H3. The fourth-order valence-corrected chi connectivity index (χ4v) is 1.40. The van der Waals surface area contributed by atoms with Crippen LogP contribution in [0.2, 0.25) is 0 Å². The minimum Gasteiger partial charge on any atom is -0.299 e. The van der Waals surface area contributed by atoms with E-state index in [1.165, 1.54) is 0 Å². The summed E-state index contributed by atoms with van der Waals surface area (Å²) in [6.07, 6.45) is 5.19. The zero-order chi connectivity index (χ0) is 8.60. The van der Waals surface area contributed by atoms with Crippen molar-refractivity contribution in [3.05, 3.63) is 24.3 Å². The highest BCUT2D eigenvalue weighted by Gasteiger charge is 2.51. The van der Waals surface area contributed by atoms with E-state index >= 15 is 0 Å². The van der Waals surface area contributed by atoms with E-state index in [-0.39, 0.29) is 11.2 Å². The molecule has 0 unspecified atom stereocenters. The van der Waals surface area contributed by atoms with Crippen molar-refractivity contribution >= 4 is 5.78 Å². The number of hydrogen-bond acceptors (Lipinski definition) is 3. The third-order valence-electron chi connectivity index (χ3n) is 2.42. The van der Waals surface area contributed by atoms with Crippen LogP contribution >= 0.6 is 0 Å². The number of nitrogens with zero attached hydrogens (tertiary/aromatic N) is 2. The Balaban J connectivity index is 2.37. The van der Waals surface area contributed by atoms with Crippen molar-refractivity contribution in [2.75, 3.05) is 0 Å². The van der Waals surface area contributed by atoms with Gasteiger partial charge in [-0.2, -0.15) is 0 Å². The molecule has 0 N–H and O–H groups in total. The highest BCUT2D eigenvalue weighted by molar-refractivity contribution is 5.90. The monoisotopic (exact) mass is 162 g/mol. The number of carbonyl (C=O) groups excluding carboxylic acids is 1. The molecule has 1 heterocycles. The Hall–Kier alpha value is -1.25. The predicted molar refractivity (Wildman–Crippen MR) is 43.6 cm³/mol. The molecule has 1 aromatic rings. The lowest BCUT2D eigenvalue weighted by atomic mass is 10.0. The maximum Gasteiger partial charge on any atom is 0.143 e. The molecule has 0 bridgehead atoms. The fourth-order valence-electron chi connectivity index (χ4n) is 1.40. The number of rotatable bonds is 2. The maximum atomic E-state index is 11.2. The first-order chi connectivity index (χ1) is 5.76. The van der Waals surface area contributed by atoms with Gasteiger partial charge in [0, 0.05) is 12.4 Å². The van der Waals surface area contributed by atoms with E-state index in [9.17, 15) is 4.79 Å². The summed E-state index contributed by atoms with van der Waals surface area (Å²) in [5.41, 5.74) is -0.318. The van der Waals surface area contributed by atoms with Gasteiger partial charge in [0.1, 0.15) is 11.6 Å². The topological polar surface area (TPSA) is 42.9 Å². The van der Waals surface area contributed by atoms with Crippen LogP contribution in [-0.4, -0.2) is 15.8 Å². The molecule has 1 aliphatic carbocycles. The Morgan fingerprint density at radius 2 is 2.00 bits per heavy atom. The van der Waals surface area contributed by atoms with Crippen molar-refractivity contribution in [1.82, 2.24) is 9.97 Å². The summed E-state index contributed by atoms with van der Waals surface area (Å²) < 4.78 is 0. The van der Waals surface area contributed by atoms with Crippen LogP contribution in [0.15, 0.2) is 18.5 Å². The van der Waals surface area contributed by atoms with E-state index in [4.69, 9.17) is 0 Å². The van der Waals surface area contributed by atoms with Crippen molar-refractivity contribution in [3.63, 3.8) is 0 Å². The van der Waals surface area contributed by atoms with Crippen molar-refractivity contribution in [2.24, 2.45) is 0 Å². The van der Waals surface area contributed by atoms with Gasteiger partial charge >= 0.3 is 0 Å². The number of Topliss-reactive ketones (excluding diaryl/α,β-unsaturated/α-hetero) is 1. The SMILES string of the molecule is CC(=O)C1(c2ncccn2)CC1. The minimum atomic E-state index is -0.318. The molecule has 3 nitrogen and oxygen atoms in total. The quantitative estimate of drug-likeness (QED) is 0.654. The molecule has 1 aliphatic rings. The Kier molecular flexibility index (Phi) is 1.46. The molecule has 0 amide bonds. The third kappa shape index (κ3) is 0.932. The molecular weight excluding hydrogens is 152 g/mol. The number of ketones is 1. The van der Waals surface area contributed by atoms with Crippen LogP contribution in [0.3, 0.4) is 0 Å². The van der Waals surface area contributed by atoms with E-state index in [1.54, 1.807) is 25.4 Å². The first-order valence-corrected chi connectivity index (χ1v) is 4.04. The van der Waals surface area contributed by atoms with Gasteiger partial charge in [-0.1, -0.05) is 0 Å². The van der Waals surface area contributed by atoms with Gasteiger partial charge in [-0.15, -0.1) is 0 Å². The molecular formula is C9H10N2O. The van der Waals surface area contributed by atoms with Gasteiger partial charge in [-0.3, -0.25) is 4.79 Å². The molecule has 2 rings (SSSR count). The summed E-state index contributed by atoms with van der Waals surface area (Å²) in [6.45, 7) is 1.61. The van der Waals surface area contributed by atoms with Crippen molar-refractivity contribution in [1.29, 1.82) is 0 Å². The predicted octanol–water partition coefficient (Wildman–Crippen LogP) is 1.10. The van der Waals surface area contributed by atoms with Gasteiger partial charge in [-0.05, 0) is 25.8 Å². The molecule has 0 aromatic carbocycles. The smallest absolute Gasteiger partial charge is 0.143 e. The van der Waals surface area contributed by atoms with Crippen molar-refractivity contribution in [3.8, 4) is 0 Å². The molecule has 1 fully saturated rings. The molecule has 12 heavy (non-hydrogen) atoms. The highest BCUT2D eigenvalue weighted by atomic mass is 16.1. The van der Waals surface area contributed by atoms with Crippen LogP contribution in [0.4, 0.5) is 0 Å². The summed E-state index contributed by atoms with van der Waals surface area (Å²) in [6, 6.07) is 1.76. The molecule has 0 saturated heterocycles. The highest BCUT2D eigenvalue weighted by Crippen LogP contribution is 2.46. The number of aromatic nitrogens is 2. The fraction of sp³-hybridized carbons (Fsp3) is 0.444. The van der Waals surface area contributed by atoms with E-state index in [2.05, 4.69) is 9.97 Å². The summed E-state index contributed by atoms with van der Waals surface area (Å²) in [4.78, 5) is 19.5. The number of hydrogen-bond donors (Lipinski definition) is 0. The second-order valence-electron chi connectivity index (χ2n) is 3.21. The van der Waals surface area contributed by atoms with Crippen LogP contribution < -0.4 is 0 Å². The summed E-state index contributed by atoms with van der Waals surface area (Å²) >= 11 is 0. The van der Waals surface area contributed by atoms with Gasteiger partial charge in [0.05, 0.1) is 5.41 Å². The lowest BCUT2D eigenvalue weighted by Crippen LogP contribution is -2.19. The lowest BCUT2D eigenvalue weighted by molar-refractivity contribution is -0.119. The van der Waals surface area contributed by atoms with E-state index < -0.39 is 0 Å². The first kappa shape index (κ1) is 7.40. The van der Waals surface area contributed by atoms with Crippen LogP contribution in [-0.2, 0) is 10.2 Å². The molecule has 1 saturated carbocycles. The normalized spacial score (nSPS) is 18.8. The maximum absolute atomic E-state index is 11.2. The molecule has 0 radical (unpaired) electrons. The van der Waals surface area contributed by atoms with E-state index in [0.717, 1.165) is 12.8 Å². The third-order valence-corrected chi connectivity index (χ3v) is 2.42. The van der Waals surface area contributed by atoms with Gasteiger partial charge in [0.15, 0.2) is 0 Å². The number of carbonyl (C=O) groups is 1. The Morgan fingerprint density at radius 1 is 1.42 bits per heavy atom. The van der Waals surface area contributed by atoms with Gasteiger partial charge < -0.3 is 0 Å². The molecule has 0 spiro atoms. The summed E-state index contributed by atoms with van der Waals surface area (Å²) in [5.74, 6) is 0.881.